The van der Waals surface area contributed by atoms with E-state index in [0.29, 0.717) is 11.3 Å². The second-order valence-electron chi connectivity index (χ2n) is 4.77. The number of carbonyl (C=O) groups is 2. The van der Waals surface area contributed by atoms with Gasteiger partial charge in [-0.1, -0.05) is 26.0 Å². The fourth-order valence-electron chi connectivity index (χ4n) is 1.73. The average molecular weight is 275 g/mol. The lowest BCUT2D eigenvalue weighted by atomic mass is 10.1. The molecule has 0 bridgehead atoms. The van der Waals surface area contributed by atoms with Crippen LogP contribution in [0.25, 0.3) is 0 Å². The fourth-order valence-corrected chi connectivity index (χ4v) is 1.73. The zero-order chi connectivity index (χ0) is 15.3. The number of hydrogen-bond acceptors (Lipinski definition) is 3. The lowest BCUT2D eigenvalue weighted by molar-refractivity contribution is -0.140. The van der Waals surface area contributed by atoms with Gasteiger partial charge in [0.2, 0.25) is 0 Å². The van der Waals surface area contributed by atoms with Crippen molar-refractivity contribution in [1.82, 2.24) is 5.32 Å². The summed E-state index contributed by atoms with van der Waals surface area (Å²) in [6.45, 7) is 5.16. The topological polar surface area (TPSA) is 102 Å². The minimum Gasteiger partial charge on any atom is -0.480 e. The van der Waals surface area contributed by atoms with Crippen LogP contribution in [0.1, 0.15) is 25.0 Å². The van der Waals surface area contributed by atoms with Crippen LogP contribution in [0.5, 0.6) is 0 Å². The Kier molecular flexibility index (Phi) is 5.09. The lowest BCUT2D eigenvalue weighted by Crippen LogP contribution is -2.46. The highest BCUT2D eigenvalue weighted by Crippen LogP contribution is 2.18. The van der Waals surface area contributed by atoms with Crippen molar-refractivity contribution in [2.24, 2.45) is 5.92 Å². The maximum absolute atomic E-state index is 11.8. The first kappa shape index (κ1) is 15.5. The van der Waals surface area contributed by atoms with Gasteiger partial charge in [0.25, 0.3) is 0 Å². The molecular weight excluding hydrogens is 258 g/mol. The van der Waals surface area contributed by atoms with Crippen LogP contribution in [0.15, 0.2) is 18.2 Å². The van der Waals surface area contributed by atoms with E-state index < -0.39 is 18.0 Å². The number of carbonyl (C=O) groups excluding carboxylic acids is 1. The Balaban J connectivity index is 2.85. The number of amides is 2. The molecule has 6 heteroatoms. The van der Waals surface area contributed by atoms with E-state index in [9.17, 15) is 9.59 Å². The average Bonchev–Trinajstić information content (AvgIpc) is 2.35. The van der Waals surface area contributed by atoms with Gasteiger partial charge in [-0.15, -0.1) is 0 Å². The van der Waals surface area contributed by atoms with Crippen LogP contribution in [0.2, 0.25) is 0 Å². The summed E-state index contributed by atoms with van der Waals surface area (Å²) in [5, 5.41) is 22.9. The molecular formula is C14H17N3O3. The van der Waals surface area contributed by atoms with Crippen molar-refractivity contribution < 1.29 is 14.7 Å². The van der Waals surface area contributed by atoms with Gasteiger partial charge in [0, 0.05) is 0 Å². The second kappa shape index (κ2) is 6.57. The minimum atomic E-state index is -1.10. The van der Waals surface area contributed by atoms with Gasteiger partial charge in [0.05, 0.1) is 11.3 Å². The van der Waals surface area contributed by atoms with E-state index in [-0.39, 0.29) is 5.92 Å². The monoisotopic (exact) mass is 275 g/mol. The first-order valence-corrected chi connectivity index (χ1v) is 6.16. The molecule has 106 valence electrons. The van der Waals surface area contributed by atoms with E-state index in [1.54, 1.807) is 39.0 Å². The number of nitrogens with zero attached hydrogens (tertiary/aromatic N) is 1. The summed E-state index contributed by atoms with van der Waals surface area (Å²) in [6, 6.07) is 5.45. The quantitative estimate of drug-likeness (QED) is 0.783. The Labute approximate surface area is 117 Å². The maximum atomic E-state index is 11.8. The van der Waals surface area contributed by atoms with Crippen molar-refractivity contribution in [3.63, 3.8) is 0 Å². The number of nitrogens with one attached hydrogen (secondary N) is 2. The van der Waals surface area contributed by atoms with Crippen molar-refractivity contribution >= 4 is 17.7 Å². The summed E-state index contributed by atoms with van der Waals surface area (Å²) in [7, 11) is 0. The van der Waals surface area contributed by atoms with Crippen molar-refractivity contribution in [2.75, 3.05) is 5.32 Å². The molecule has 0 radical (unpaired) electrons. The number of carboxylic acid groups (broad SMARTS) is 1. The second-order valence-corrected chi connectivity index (χ2v) is 4.77. The number of aryl methyl sites for hydroxylation is 1. The SMILES string of the molecule is Cc1cccc(NC(=O)NC(C(=O)O)C(C)C)c1C#N. The van der Waals surface area contributed by atoms with Gasteiger partial charge < -0.3 is 15.7 Å². The van der Waals surface area contributed by atoms with Crippen LogP contribution >= 0.6 is 0 Å². The van der Waals surface area contributed by atoms with Gasteiger partial charge in [0.1, 0.15) is 12.1 Å². The molecule has 1 aromatic carbocycles. The van der Waals surface area contributed by atoms with E-state index in [4.69, 9.17) is 10.4 Å². The number of urea groups is 1. The van der Waals surface area contributed by atoms with Gasteiger partial charge >= 0.3 is 12.0 Å². The molecule has 0 heterocycles. The van der Waals surface area contributed by atoms with E-state index in [2.05, 4.69) is 10.6 Å². The fraction of sp³-hybridized carbons (Fsp3) is 0.357. The molecule has 1 rings (SSSR count). The molecule has 0 spiro atoms. The maximum Gasteiger partial charge on any atom is 0.326 e. The molecule has 0 saturated carbocycles. The lowest BCUT2D eigenvalue weighted by Gasteiger charge is -2.18. The molecule has 0 aliphatic heterocycles. The van der Waals surface area contributed by atoms with Gasteiger partial charge in [-0.3, -0.25) is 0 Å². The molecule has 1 aromatic rings. The molecule has 2 amide bonds. The predicted octanol–water partition coefficient (Wildman–Crippen LogP) is 2.10. The molecule has 1 unspecified atom stereocenters. The van der Waals surface area contributed by atoms with E-state index in [1.165, 1.54) is 0 Å². The third-order valence-corrected chi connectivity index (χ3v) is 2.85. The van der Waals surface area contributed by atoms with Crippen LogP contribution in [-0.2, 0) is 4.79 Å². The Bertz CT molecular complexity index is 561. The molecule has 6 nitrogen and oxygen atoms in total. The van der Waals surface area contributed by atoms with Crippen LogP contribution < -0.4 is 10.6 Å². The van der Waals surface area contributed by atoms with Crippen molar-refractivity contribution in [1.29, 1.82) is 5.26 Å². The van der Waals surface area contributed by atoms with Crippen molar-refractivity contribution in [3.8, 4) is 6.07 Å². The van der Waals surface area contributed by atoms with Crippen LogP contribution in [-0.4, -0.2) is 23.1 Å². The highest BCUT2D eigenvalue weighted by molar-refractivity contribution is 5.93. The molecule has 20 heavy (non-hydrogen) atoms. The number of nitriles is 1. The number of aliphatic carboxylic acids is 1. The summed E-state index contributed by atoms with van der Waals surface area (Å²) in [5.41, 5.74) is 1.46. The number of hydrogen-bond donors (Lipinski definition) is 3. The van der Waals surface area contributed by atoms with Crippen LogP contribution in [0, 0.1) is 24.2 Å². The third-order valence-electron chi connectivity index (χ3n) is 2.85. The third kappa shape index (κ3) is 3.72. The molecule has 0 saturated heterocycles. The van der Waals surface area contributed by atoms with Gasteiger partial charge in [-0.25, -0.2) is 9.59 Å². The Morgan fingerprint density at radius 3 is 2.50 bits per heavy atom. The first-order valence-electron chi connectivity index (χ1n) is 6.16. The molecule has 0 aliphatic carbocycles. The van der Waals surface area contributed by atoms with E-state index in [1.807, 2.05) is 6.07 Å². The van der Waals surface area contributed by atoms with Crippen molar-refractivity contribution in [3.05, 3.63) is 29.3 Å². The van der Waals surface area contributed by atoms with Crippen molar-refractivity contribution in [2.45, 2.75) is 26.8 Å². The Hall–Kier alpha value is -2.55. The molecule has 0 fully saturated rings. The van der Waals surface area contributed by atoms with Gasteiger partial charge in [-0.2, -0.15) is 5.26 Å². The first-order chi connectivity index (χ1) is 9.36. The summed E-state index contributed by atoms with van der Waals surface area (Å²) in [5.74, 6) is -1.34. The van der Waals surface area contributed by atoms with Gasteiger partial charge in [-0.05, 0) is 24.5 Å². The summed E-state index contributed by atoms with van der Waals surface area (Å²) in [4.78, 5) is 22.8. The van der Waals surface area contributed by atoms with Crippen LogP contribution in [0.3, 0.4) is 0 Å². The number of rotatable bonds is 4. The summed E-state index contributed by atoms with van der Waals surface area (Å²) < 4.78 is 0. The zero-order valence-corrected chi connectivity index (χ0v) is 11.6. The number of anilines is 1. The molecule has 1 atom stereocenters. The highest BCUT2D eigenvalue weighted by Gasteiger charge is 2.23. The summed E-state index contributed by atoms with van der Waals surface area (Å²) in [6.07, 6.45) is 0. The Morgan fingerprint density at radius 1 is 1.35 bits per heavy atom. The predicted molar refractivity (Wildman–Crippen MR) is 74.3 cm³/mol. The largest absolute Gasteiger partial charge is 0.480 e. The number of benzene rings is 1. The smallest absolute Gasteiger partial charge is 0.326 e. The highest BCUT2D eigenvalue weighted by atomic mass is 16.4. The normalized spacial score (nSPS) is 11.6. The van der Waals surface area contributed by atoms with E-state index >= 15 is 0 Å². The molecule has 0 aromatic heterocycles. The summed E-state index contributed by atoms with van der Waals surface area (Å²) >= 11 is 0. The standard InChI is InChI=1S/C14H17N3O3/c1-8(2)12(13(18)19)17-14(20)16-11-6-4-5-9(3)10(11)7-15/h4-6,8,12H,1-3H3,(H,18,19)(H2,16,17,20). The molecule has 3 N–H and O–H groups in total. The van der Waals surface area contributed by atoms with Crippen LogP contribution in [0.4, 0.5) is 10.5 Å². The number of carboxylic acids is 1. The van der Waals surface area contributed by atoms with Gasteiger partial charge in [0.15, 0.2) is 0 Å². The molecule has 0 aliphatic rings. The minimum absolute atomic E-state index is 0.244. The van der Waals surface area contributed by atoms with E-state index in [0.717, 1.165) is 5.56 Å². The zero-order valence-electron chi connectivity index (χ0n) is 11.6. The Morgan fingerprint density at radius 2 is 2.00 bits per heavy atom.